The number of benzene rings is 2. The molecule has 0 saturated carbocycles. The van der Waals surface area contributed by atoms with E-state index in [2.05, 4.69) is 46.6 Å². The first-order valence-corrected chi connectivity index (χ1v) is 12.2. The first kappa shape index (κ1) is 20.6. The smallest absolute Gasteiger partial charge is 0.223 e. The van der Waals surface area contributed by atoms with Gasteiger partial charge in [-0.15, -0.1) is 0 Å². The quantitative estimate of drug-likeness (QED) is 0.783. The van der Waals surface area contributed by atoms with Gasteiger partial charge in [0.2, 0.25) is 5.91 Å². The summed E-state index contributed by atoms with van der Waals surface area (Å²) in [5.74, 6) is 1.25. The Hall–Kier alpha value is -3.04. The van der Waals surface area contributed by atoms with E-state index in [4.69, 9.17) is 4.74 Å². The second-order valence-electron chi connectivity index (χ2n) is 9.95. The molecule has 4 aliphatic heterocycles. The van der Waals surface area contributed by atoms with Crippen LogP contribution in [0.3, 0.4) is 0 Å². The van der Waals surface area contributed by atoms with Crippen molar-refractivity contribution in [2.24, 2.45) is 0 Å². The van der Waals surface area contributed by atoms with Crippen molar-refractivity contribution in [3.8, 4) is 11.8 Å². The van der Waals surface area contributed by atoms with Crippen molar-refractivity contribution in [2.75, 3.05) is 44.6 Å². The second kappa shape index (κ2) is 8.07. The van der Waals surface area contributed by atoms with Gasteiger partial charge in [-0.05, 0) is 85.8 Å². The molecule has 170 valence electrons. The predicted molar refractivity (Wildman–Crippen MR) is 126 cm³/mol. The second-order valence-corrected chi connectivity index (χ2v) is 9.95. The van der Waals surface area contributed by atoms with Crippen molar-refractivity contribution in [1.82, 2.24) is 9.80 Å². The van der Waals surface area contributed by atoms with Crippen LogP contribution < -0.4 is 10.1 Å². The molecule has 6 rings (SSSR count). The number of nitrogens with one attached hydrogen (secondary N) is 1. The fraction of sp³-hybridized carbons (Fsp3) is 0.481. The molecule has 0 aromatic heterocycles. The van der Waals surface area contributed by atoms with Crippen LogP contribution in [-0.2, 0) is 16.6 Å². The van der Waals surface area contributed by atoms with Crippen LogP contribution in [-0.4, -0.2) is 55.0 Å². The van der Waals surface area contributed by atoms with Crippen molar-refractivity contribution < 1.29 is 9.53 Å². The number of amides is 1. The maximum Gasteiger partial charge on any atom is 0.223 e. The SMILES string of the molecule is N#Cc1ccc2c(c1)C1(CCN(CCOc3ccc4c(c3)CCN3C(=O)CCC43)CC1)CN2. The summed E-state index contributed by atoms with van der Waals surface area (Å²) in [7, 11) is 0. The van der Waals surface area contributed by atoms with Gasteiger partial charge < -0.3 is 15.0 Å². The van der Waals surface area contributed by atoms with Crippen LogP contribution in [0.1, 0.15) is 54.0 Å². The Kier molecular flexibility index (Phi) is 5.03. The van der Waals surface area contributed by atoms with Crippen molar-refractivity contribution in [2.45, 2.75) is 43.6 Å². The highest BCUT2D eigenvalue weighted by Crippen LogP contribution is 2.44. The number of hydrogen-bond acceptors (Lipinski definition) is 5. The molecule has 0 radical (unpaired) electrons. The lowest BCUT2D eigenvalue weighted by Crippen LogP contribution is -2.45. The molecule has 2 aromatic rings. The molecule has 1 N–H and O–H groups in total. The van der Waals surface area contributed by atoms with E-state index in [1.165, 1.54) is 22.4 Å². The van der Waals surface area contributed by atoms with Crippen LogP contribution in [0.5, 0.6) is 5.75 Å². The summed E-state index contributed by atoms with van der Waals surface area (Å²) in [6.45, 7) is 5.53. The monoisotopic (exact) mass is 442 g/mol. The van der Waals surface area contributed by atoms with Crippen LogP contribution in [0.25, 0.3) is 0 Å². The summed E-state index contributed by atoms with van der Waals surface area (Å²) in [5, 5.41) is 12.9. The van der Waals surface area contributed by atoms with Gasteiger partial charge in [0, 0.05) is 37.2 Å². The maximum absolute atomic E-state index is 12.0. The Morgan fingerprint density at radius 1 is 1.12 bits per heavy atom. The lowest BCUT2D eigenvalue weighted by Gasteiger charge is -2.39. The summed E-state index contributed by atoms with van der Waals surface area (Å²) in [5.41, 5.74) is 6.09. The zero-order chi connectivity index (χ0) is 22.4. The highest BCUT2D eigenvalue weighted by molar-refractivity contribution is 5.79. The van der Waals surface area contributed by atoms with E-state index in [1.54, 1.807) is 0 Å². The molecule has 33 heavy (non-hydrogen) atoms. The number of hydrogen-bond donors (Lipinski definition) is 1. The first-order chi connectivity index (χ1) is 16.1. The Balaban J connectivity index is 1.04. The molecule has 2 fully saturated rings. The van der Waals surface area contributed by atoms with Crippen molar-refractivity contribution in [1.29, 1.82) is 5.26 Å². The van der Waals surface area contributed by atoms with Gasteiger partial charge in [0.15, 0.2) is 0 Å². The molecule has 1 spiro atoms. The van der Waals surface area contributed by atoms with Crippen LogP contribution in [0, 0.1) is 11.3 Å². The third-order valence-corrected chi connectivity index (χ3v) is 8.25. The number of carbonyl (C=O) groups excluding carboxylic acids is 1. The highest BCUT2D eigenvalue weighted by Gasteiger charge is 2.41. The van der Waals surface area contributed by atoms with E-state index in [1.807, 2.05) is 11.0 Å². The van der Waals surface area contributed by atoms with Gasteiger partial charge in [-0.1, -0.05) is 6.07 Å². The molecule has 1 atom stereocenters. The zero-order valence-corrected chi connectivity index (χ0v) is 19.0. The zero-order valence-electron chi connectivity index (χ0n) is 19.0. The number of nitrogens with zero attached hydrogens (tertiary/aromatic N) is 3. The number of anilines is 1. The highest BCUT2D eigenvalue weighted by atomic mass is 16.5. The lowest BCUT2D eigenvalue weighted by atomic mass is 9.74. The fourth-order valence-corrected chi connectivity index (χ4v) is 6.30. The Morgan fingerprint density at radius 2 is 2.00 bits per heavy atom. The minimum atomic E-state index is 0.160. The maximum atomic E-state index is 12.0. The van der Waals surface area contributed by atoms with Crippen LogP contribution in [0.2, 0.25) is 0 Å². The van der Waals surface area contributed by atoms with Gasteiger partial charge in [-0.3, -0.25) is 9.69 Å². The average Bonchev–Trinajstić information content (AvgIpc) is 3.41. The Labute approximate surface area is 195 Å². The molecule has 1 amide bonds. The van der Waals surface area contributed by atoms with Crippen LogP contribution in [0.4, 0.5) is 5.69 Å². The van der Waals surface area contributed by atoms with E-state index in [0.29, 0.717) is 18.9 Å². The molecular formula is C27H30N4O2. The summed E-state index contributed by atoms with van der Waals surface area (Å²) >= 11 is 0. The molecule has 4 heterocycles. The lowest BCUT2D eigenvalue weighted by molar-refractivity contribution is -0.129. The van der Waals surface area contributed by atoms with E-state index < -0.39 is 0 Å². The summed E-state index contributed by atoms with van der Waals surface area (Å²) in [6, 6.07) is 15.0. The summed E-state index contributed by atoms with van der Waals surface area (Å²) in [6.07, 6.45) is 4.77. The average molecular weight is 443 g/mol. The molecule has 2 aromatic carbocycles. The molecule has 6 heteroatoms. The summed E-state index contributed by atoms with van der Waals surface area (Å²) in [4.78, 5) is 16.6. The largest absolute Gasteiger partial charge is 0.492 e. The molecular weight excluding hydrogens is 412 g/mol. The first-order valence-electron chi connectivity index (χ1n) is 12.2. The number of likely N-dealkylation sites (tertiary alicyclic amines) is 1. The van der Waals surface area contributed by atoms with Crippen molar-refractivity contribution >= 4 is 11.6 Å². The van der Waals surface area contributed by atoms with Gasteiger partial charge >= 0.3 is 0 Å². The molecule has 0 aliphatic carbocycles. The summed E-state index contributed by atoms with van der Waals surface area (Å²) < 4.78 is 6.14. The predicted octanol–water partition coefficient (Wildman–Crippen LogP) is 3.62. The van der Waals surface area contributed by atoms with Gasteiger partial charge in [0.25, 0.3) is 0 Å². The normalized spacial score (nSPS) is 22.9. The fourth-order valence-electron chi connectivity index (χ4n) is 6.30. The van der Waals surface area contributed by atoms with E-state index >= 15 is 0 Å². The molecule has 2 saturated heterocycles. The molecule has 4 aliphatic rings. The Morgan fingerprint density at radius 3 is 2.85 bits per heavy atom. The van der Waals surface area contributed by atoms with Crippen LogP contribution in [0.15, 0.2) is 36.4 Å². The van der Waals surface area contributed by atoms with Gasteiger partial charge in [-0.25, -0.2) is 0 Å². The third kappa shape index (κ3) is 3.55. The topological polar surface area (TPSA) is 68.6 Å². The Bertz CT molecular complexity index is 1130. The minimum absolute atomic E-state index is 0.160. The van der Waals surface area contributed by atoms with Crippen molar-refractivity contribution in [3.05, 3.63) is 58.7 Å². The minimum Gasteiger partial charge on any atom is -0.492 e. The van der Waals surface area contributed by atoms with E-state index in [0.717, 1.165) is 69.7 Å². The third-order valence-electron chi connectivity index (χ3n) is 8.25. The molecule has 0 bridgehead atoms. The number of carbonyl (C=O) groups is 1. The van der Waals surface area contributed by atoms with Gasteiger partial charge in [-0.2, -0.15) is 5.26 Å². The van der Waals surface area contributed by atoms with Gasteiger partial charge in [0.05, 0.1) is 17.7 Å². The standard InChI is InChI=1S/C27H30N4O2/c28-17-19-1-4-24-23(15-19)27(18-29-24)8-11-30(12-9-27)13-14-33-21-2-3-22-20(16-21)7-10-31-25(22)5-6-26(31)32/h1-4,15-16,25,29H,5-14,18H2. The number of rotatable bonds is 4. The molecule has 1 unspecified atom stereocenters. The number of fused-ring (bicyclic) bond motifs is 5. The van der Waals surface area contributed by atoms with E-state index in [-0.39, 0.29) is 11.5 Å². The van der Waals surface area contributed by atoms with Crippen LogP contribution >= 0.6 is 0 Å². The van der Waals surface area contributed by atoms with E-state index in [9.17, 15) is 10.1 Å². The van der Waals surface area contributed by atoms with Crippen molar-refractivity contribution in [3.63, 3.8) is 0 Å². The molecule has 6 nitrogen and oxygen atoms in total. The number of nitriles is 1. The van der Waals surface area contributed by atoms with Gasteiger partial charge in [0.1, 0.15) is 12.4 Å². The number of ether oxygens (including phenoxy) is 1. The number of piperidine rings is 1.